The number of benzene rings is 1. The highest BCUT2D eigenvalue weighted by Crippen LogP contribution is 2.34. The Labute approximate surface area is 170 Å². The van der Waals surface area contributed by atoms with E-state index in [2.05, 4.69) is 10.3 Å². The Morgan fingerprint density at radius 2 is 1.80 bits per heavy atom. The van der Waals surface area contributed by atoms with Crippen LogP contribution in [-0.4, -0.2) is 34.3 Å². The van der Waals surface area contributed by atoms with Crippen LogP contribution in [0.2, 0.25) is 0 Å². The molecule has 158 valence electrons. The predicted octanol–water partition coefficient (Wildman–Crippen LogP) is 4.71. The molecule has 1 fully saturated rings. The minimum absolute atomic E-state index is 0.199. The summed E-state index contributed by atoms with van der Waals surface area (Å²) >= 11 is 0. The minimum Gasteiger partial charge on any atom is -0.464 e. The van der Waals surface area contributed by atoms with Crippen LogP contribution in [0.5, 0.6) is 0 Å². The summed E-state index contributed by atoms with van der Waals surface area (Å²) in [6.07, 6.45) is -2.36. The highest BCUT2D eigenvalue weighted by atomic mass is 19.4. The Hall–Kier alpha value is -2.87. The molecular formula is C22H21F3N2O3. The van der Waals surface area contributed by atoms with Crippen LogP contribution in [0, 0.1) is 5.92 Å². The summed E-state index contributed by atoms with van der Waals surface area (Å²) in [4.78, 5) is 16.9. The largest absolute Gasteiger partial charge is 0.464 e. The topological polar surface area (TPSA) is 75.4 Å². The molecule has 0 aliphatic heterocycles. The molecule has 1 unspecified atom stereocenters. The molecule has 0 radical (unpaired) electrons. The third-order valence-corrected chi connectivity index (χ3v) is 5.69. The third kappa shape index (κ3) is 4.18. The molecule has 1 aliphatic carbocycles. The van der Waals surface area contributed by atoms with Gasteiger partial charge in [0.15, 0.2) is 6.10 Å². The molecule has 3 aromatic rings. The normalized spacial score (nSPS) is 20.8. The number of hydrogen-bond donors (Lipinski definition) is 2. The molecule has 1 aromatic carbocycles. The number of amides is 1. The number of carbonyl (C=O) groups excluding carboxylic acids is 1. The van der Waals surface area contributed by atoms with E-state index in [0.29, 0.717) is 18.4 Å². The van der Waals surface area contributed by atoms with Crippen LogP contribution in [0.15, 0.2) is 53.3 Å². The lowest BCUT2D eigenvalue weighted by molar-refractivity contribution is -0.222. The summed E-state index contributed by atoms with van der Waals surface area (Å²) in [6.45, 7) is 0. The van der Waals surface area contributed by atoms with Gasteiger partial charge in [0.25, 0.3) is 5.91 Å². The lowest BCUT2D eigenvalue weighted by atomic mass is 9.82. The maximum absolute atomic E-state index is 12.7. The van der Waals surface area contributed by atoms with Crippen LogP contribution < -0.4 is 5.32 Å². The highest BCUT2D eigenvalue weighted by Gasteiger charge is 2.44. The number of nitrogens with zero attached hydrogens (tertiary/aromatic N) is 1. The molecule has 0 bridgehead atoms. The van der Waals surface area contributed by atoms with Crippen LogP contribution in [-0.2, 0) is 0 Å². The van der Waals surface area contributed by atoms with Gasteiger partial charge in [-0.3, -0.25) is 9.78 Å². The van der Waals surface area contributed by atoms with Gasteiger partial charge in [-0.05, 0) is 55.9 Å². The van der Waals surface area contributed by atoms with Gasteiger partial charge >= 0.3 is 6.18 Å². The summed E-state index contributed by atoms with van der Waals surface area (Å²) in [6, 6.07) is 10.4. The van der Waals surface area contributed by atoms with Gasteiger partial charge in [0, 0.05) is 28.8 Å². The molecule has 1 atom stereocenters. The number of halogens is 3. The zero-order chi connectivity index (χ0) is 21.3. The molecule has 0 spiro atoms. The molecule has 4 rings (SSSR count). The zero-order valence-electron chi connectivity index (χ0n) is 16.0. The number of aromatic nitrogens is 1. The fourth-order valence-electron chi connectivity index (χ4n) is 4.02. The molecule has 2 N–H and O–H groups in total. The van der Waals surface area contributed by atoms with Gasteiger partial charge in [-0.25, -0.2) is 0 Å². The number of fused-ring (bicyclic) bond motifs is 1. The summed E-state index contributed by atoms with van der Waals surface area (Å²) in [5.41, 5.74) is 2.80. The molecule has 2 aromatic heterocycles. The van der Waals surface area contributed by atoms with Crippen molar-refractivity contribution in [3.8, 4) is 11.3 Å². The number of nitrogens with one attached hydrogen (secondary N) is 1. The first kappa shape index (κ1) is 20.4. The number of hydrogen-bond acceptors (Lipinski definition) is 4. The van der Waals surface area contributed by atoms with Crippen molar-refractivity contribution in [3.63, 3.8) is 0 Å². The second kappa shape index (κ2) is 8.10. The Morgan fingerprint density at radius 3 is 2.47 bits per heavy atom. The Morgan fingerprint density at radius 1 is 1.10 bits per heavy atom. The summed E-state index contributed by atoms with van der Waals surface area (Å²) in [5, 5.41) is 13.2. The first-order chi connectivity index (χ1) is 14.3. The van der Waals surface area contributed by atoms with Gasteiger partial charge in [-0.1, -0.05) is 12.1 Å². The quantitative estimate of drug-likeness (QED) is 0.644. The second-order valence-corrected chi connectivity index (χ2v) is 7.64. The van der Waals surface area contributed by atoms with Crippen molar-refractivity contribution < 1.29 is 27.5 Å². The minimum atomic E-state index is -4.60. The van der Waals surface area contributed by atoms with Crippen molar-refractivity contribution in [1.82, 2.24) is 10.3 Å². The fourth-order valence-corrected chi connectivity index (χ4v) is 4.02. The zero-order valence-corrected chi connectivity index (χ0v) is 16.0. The van der Waals surface area contributed by atoms with E-state index in [9.17, 15) is 23.1 Å². The number of rotatable bonds is 4. The van der Waals surface area contributed by atoms with Crippen molar-refractivity contribution in [1.29, 1.82) is 0 Å². The van der Waals surface area contributed by atoms with Crippen molar-refractivity contribution in [2.24, 2.45) is 5.92 Å². The van der Waals surface area contributed by atoms with Gasteiger partial charge < -0.3 is 14.8 Å². The van der Waals surface area contributed by atoms with Crippen LogP contribution in [0.3, 0.4) is 0 Å². The van der Waals surface area contributed by atoms with Crippen LogP contribution in [0.25, 0.3) is 22.2 Å². The van der Waals surface area contributed by atoms with Gasteiger partial charge in [0.1, 0.15) is 5.58 Å². The maximum Gasteiger partial charge on any atom is 0.414 e. The molecule has 0 saturated heterocycles. The van der Waals surface area contributed by atoms with Gasteiger partial charge in [0.2, 0.25) is 0 Å². The monoisotopic (exact) mass is 418 g/mol. The smallest absolute Gasteiger partial charge is 0.414 e. The first-order valence-electron chi connectivity index (χ1n) is 9.81. The van der Waals surface area contributed by atoms with E-state index in [1.165, 1.54) is 0 Å². The Balaban J connectivity index is 1.38. The second-order valence-electron chi connectivity index (χ2n) is 7.64. The van der Waals surface area contributed by atoms with Crippen molar-refractivity contribution in [3.05, 3.63) is 54.4 Å². The summed E-state index contributed by atoms with van der Waals surface area (Å²) < 4.78 is 43.4. The van der Waals surface area contributed by atoms with Gasteiger partial charge in [-0.15, -0.1) is 0 Å². The highest BCUT2D eigenvalue weighted by molar-refractivity contribution is 5.96. The standard InChI is InChI=1S/C22H21F3N2O3/c23-22(24,25)20(28)14-5-7-16(8-6-14)27-21(29)15-3-1-13(2-4-15)19-17-10-12-30-18(17)9-11-26-19/h1-4,9-12,14,16,20,28H,5-8H2,(H,27,29)/t14-,16-,20?. The Bertz CT molecular complexity index is 1020. The van der Waals surface area contributed by atoms with E-state index < -0.39 is 18.2 Å². The Kier molecular flexibility index (Phi) is 5.51. The SMILES string of the molecule is O=C(N[C@H]1CC[C@H](C(O)C(F)(F)F)CC1)c1ccc(-c2nccc3occc23)cc1. The van der Waals surface area contributed by atoms with Crippen molar-refractivity contribution in [2.75, 3.05) is 0 Å². The van der Waals surface area contributed by atoms with E-state index >= 15 is 0 Å². The number of carbonyl (C=O) groups is 1. The van der Waals surface area contributed by atoms with Crippen LogP contribution in [0.1, 0.15) is 36.0 Å². The summed E-state index contributed by atoms with van der Waals surface area (Å²) in [5.74, 6) is -1.08. The molecule has 30 heavy (non-hydrogen) atoms. The number of aliphatic hydroxyl groups is 1. The van der Waals surface area contributed by atoms with Crippen molar-refractivity contribution in [2.45, 2.75) is 44.0 Å². The molecular weight excluding hydrogens is 397 g/mol. The fraction of sp³-hybridized carbons (Fsp3) is 0.364. The van der Waals surface area contributed by atoms with Crippen LogP contribution >= 0.6 is 0 Å². The first-order valence-corrected chi connectivity index (χ1v) is 9.81. The molecule has 2 heterocycles. The van der Waals surface area contributed by atoms with Gasteiger partial charge in [-0.2, -0.15) is 13.2 Å². The number of aliphatic hydroxyl groups excluding tert-OH is 1. The van der Waals surface area contributed by atoms with E-state index in [1.807, 2.05) is 6.07 Å². The van der Waals surface area contributed by atoms with E-state index in [-0.39, 0.29) is 24.8 Å². The van der Waals surface area contributed by atoms with Crippen LogP contribution in [0.4, 0.5) is 13.2 Å². The lowest BCUT2D eigenvalue weighted by Gasteiger charge is -2.32. The van der Waals surface area contributed by atoms with E-state index in [1.54, 1.807) is 42.8 Å². The van der Waals surface area contributed by atoms with Gasteiger partial charge in [0.05, 0.1) is 12.0 Å². The lowest BCUT2D eigenvalue weighted by Crippen LogP contribution is -2.42. The number of furan rings is 1. The predicted molar refractivity (Wildman–Crippen MR) is 105 cm³/mol. The molecule has 8 heteroatoms. The van der Waals surface area contributed by atoms with Crippen molar-refractivity contribution >= 4 is 16.9 Å². The maximum atomic E-state index is 12.7. The van der Waals surface area contributed by atoms with E-state index in [4.69, 9.17) is 4.42 Å². The average molecular weight is 418 g/mol. The molecule has 1 saturated carbocycles. The number of pyridine rings is 1. The number of alkyl halides is 3. The summed E-state index contributed by atoms with van der Waals surface area (Å²) in [7, 11) is 0. The molecule has 1 amide bonds. The average Bonchev–Trinajstić information content (AvgIpc) is 3.22. The third-order valence-electron chi connectivity index (χ3n) is 5.69. The molecule has 5 nitrogen and oxygen atoms in total. The molecule has 1 aliphatic rings. The van der Waals surface area contributed by atoms with E-state index in [0.717, 1.165) is 22.2 Å².